The second-order valence-electron chi connectivity index (χ2n) is 11.4. The van der Waals surface area contributed by atoms with Gasteiger partial charge in [-0.05, 0) is 92.8 Å². The van der Waals surface area contributed by atoms with Crippen LogP contribution in [0.25, 0.3) is 0 Å². The minimum Gasteiger partial charge on any atom is -0.493 e. The summed E-state index contributed by atoms with van der Waals surface area (Å²) in [6.45, 7) is 5.31. The summed E-state index contributed by atoms with van der Waals surface area (Å²) in [5.41, 5.74) is 8.23. The number of nitrogens with two attached hydrogens (primary N) is 1. The van der Waals surface area contributed by atoms with E-state index in [1.54, 1.807) is 61.2 Å². The first-order valence-corrected chi connectivity index (χ1v) is 16.3. The second-order valence-corrected chi connectivity index (χ2v) is 13.9. The van der Waals surface area contributed by atoms with Gasteiger partial charge in [0.15, 0.2) is 21.3 Å². The number of nitrogens with zero attached hydrogens (tertiary/aromatic N) is 2. The number of likely N-dealkylation sites (tertiary alicyclic amines) is 1. The van der Waals surface area contributed by atoms with Crippen molar-refractivity contribution in [2.75, 3.05) is 38.0 Å². The van der Waals surface area contributed by atoms with Gasteiger partial charge < -0.3 is 30.5 Å². The largest absolute Gasteiger partial charge is 0.493 e. The summed E-state index contributed by atoms with van der Waals surface area (Å²) in [7, 11) is 0.555. The molecule has 0 unspecified atom stereocenters. The molecule has 1 heterocycles. The minimum absolute atomic E-state index is 0.0513. The summed E-state index contributed by atoms with van der Waals surface area (Å²) in [5, 5.41) is 12.2. The summed E-state index contributed by atoms with van der Waals surface area (Å²) in [5.74, 6) is -0.119. The van der Waals surface area contributed by atoms with E-state index in [1.165, 1.54) is 33.4 Å². The van der Waals surface area contributed by atoms with Crippen LogP contribution in [0.2, 0.25) is 0 Å². The SMILES string of the molecule is COc1ccc([C@@H](Nc2cc(C(N)=O)ccc2C)C(=O)N2CCC[C@@H]2c2cc(N(C)C(=O)O)ccc2S(=O)(=O)C(C)C)cc1OC. The number of amides is 3. The smallest absolute Gasteiger partial charge is 0.411 e. The van der Waals surface area contributed by atoms with E-state index in [4.69, 9.17) is 15.2 Å². The molecule has 1 aliphatic rings. The number of carbonyl (C=O) groups excluding carboxylic acids is 2. The van der Waals surface area contributed by atoms with Crippen LogP contribution < -0.4 is 25.4 Å². The number of anilines is 2. The lowest BCUT2D eigenvalue weighted by molar-refractivity contribution is -0.133. The van der Waals surface area contributed by atoms with Gasteiger partial charge in [0.05, 0.1) is 30.4 Å². The molecular weight excluding hydrogens is 612 g/mol. The first kappa shape index (κ1) is 34.1. The lowest BCUT2D eigenvalue weighted by atomic mass is 9.99. The molecule has 3 aromatic carbocycles. The Labute approximate surface area is 269 Å². The van der Waals surface area contributed by atoms with E-state index in [0.717, 1.165) is 10.5 Å². The Balaban J connectivity index is 1.87. The Bertz CT molecular complexity index is 1760. The summed E-state index contributed by atoms with van der Waals surface area (Å²) >= 11 is 0. The maximum atomic E-state index is 14.7. The molecular formula is C33H40N4O8S. The van der Waals surface area contributed by atoms with Gasteiger partial charge in [-0.15, -0.1) is 0 Å². The number of methoxy groups -OCH3 is 2. The van der Waals surface area contributed by atoms with Crippen LogP contribution in [0.1, 0.15) is 65.8 Å². The fraction of sp³-hybridized carbons (Fsp3) is 0.364. The molecule has 0 saturated carbocycles. The lowest BCUT2D eigenvalue weighted by Crippen LogP contribution is -2.38. The van der Waals surface area contributed by atoms with E-state index in [1.807, 2.05) is 6.92 Å². The quantitative estimate of drug-likeness (QED) is 0.260. The van der Waals surface area contributed by atoms with E-state index in [2.05, 4.69) is 5.32 Å². The van der Waals surface area contributed by atoms with Crippen LogP contribution in [0.15, 0.2) is 59.5 Å². The lowest BCUT2D eigenvalue weighted by Gasteiger charge is -2.32. The Hall–Kier alpha value is -4.78. The van der Waals surface area contributed by atoms with Gasteiger partial charge in [-0.1, -0.05) is 12.1 Å². The van der Waals surface area contributed by atoms with Gasteiger partial charge in [0.1, 0.15) is 6.04 Å². The molecule has 13 heteroatoms. The van der Waals surface area contributed by atoms with Crippen molar-refractivity contribution in [1.29, 1.82) is 0 Å². The zero-order valence-electron chi connectivity index (χ0n) is 26.7. The van der Waals surface area contributed by atoms with E-state index >= 15 is 0 Å². The number of benzene rings is 3. The first-order valence-electron chi connectivity index (χ1n) is 14.7. The molecule has 1 saturated heterocycles. The predicted octanol–water partition coefficient (Wildman–Crippen LogP) is 4.92. The molecule has 46 heavy (non-hydrogen) atoms. The average molecular weight is 653 g/mol. The van der Waals surface area contributed by atoms with Crippen LogP contribution in [0.4, 0.5) is 16.2 Å². The molecule has 0 bridgehead atoms. The molecule has 0 aliphatic carbocycles. The van der Waals surface area contributed by atoms with Gasteiger partial charge in [0.25, 0.3) is 0 Å². The zero-order valence-corrected chi connectivity index (χ0v) is 27.6. The van der Waals surface area contributed by atoms with Gasteiger partial charge in [-0.3, -0.25) is 14.5 Å². The number of nitrogens with one attached hydrogen (secondary N) is 1. The normalized spacial score (nSPS) is 15.4. The van der Waals surface area contributed by atoms with Gasteiger partial charge in [-0.2, -0.15) is 0 Å². The van der Waals surface area contributed by atoms with Crippen LogP contribution in [0.3, 0.4) is 0 Å². The highest BCUT2D eigenvalue weighted by Gasteiger charge is 2.38. The molecule has 0 radical (unpaired) electrons. The van der Waals surface area contributed by atoms with Crippen LogP contribution in [0, 0.1) is 6.92 Å². The molecule has 0 aromatic heterocycles. The highest BCUT2D eigenvalue weighted by molar-refractivity contribution is 7.92. The fourth-order valence-corrected chi connectivity index (χ4v) is 6.84. The number of rotatable bonds is 11. The van der Waals surface area contributed by atoms with Crippen molar-refractivity contribution in [3.63, 3.8) is 0 Å². The van der Waals surface area contributed by atoms with Crippen LogP contribution >= 0.6 is 0 Å². The van der Waals surface area contributed by atoms with Gasteiger partial charge in [0.2, 0.25) is 11.8 Å². The zero-order chi connectivity index (χ0) is 33.9. The molecule has 4 rings (SSSR count). The average Bonchev–Trinajstić information content (AvgIpc) is 3.53. The van der Waals surface area contributed by atoms with E-state index in [-0.39, 0.29) is 22.1 Å². The molecule has 3 aromatic rings. The predicted molar refractivity (Wildman–Crippen MR) is 174 cm³/mol. The maximum Gasteiger partial charge on any atom is 0.411 e. The Kier molecular flexibility index (Phi) is 10.1. The van der Waals surface area contributed by atoms with Crippen molar-refractivity contribution in [1.82, 2.24) is 4.90 Å². The van der Waals surface area contributed by atoms with Crippen LogP contribution in [-0.2, 0) is 14.6 Å². The molecule has 0 spiro atoms. The molecule has 1 aliphatic heterocycles. The van der Waals surface area contributed by atoms with Gasteiger partial charge in [-0.25, -0.2) is 13.2 Å². The number of ether oxygens (including phenoxy) is 2. The topological polar surface area (TPSA) is 169 Å². The Morgan fingerprint density at radius 1 is 1.02 bits per heavy atom. The first-order chi connectivity index (χ1) is 21.7. The molecule has 2 atom stereocenters. The molecule has 4 N–H and O–H groups in total. The highest BCUT2D eigenvalue weighted by atomic mass is 32.2. The molecule has 1 fully saturated rings. The van der Waals surface area contributed by atoms with Gasteiger partial charge >= 0.3 is 6.09 Å². The molecule has 12 nitrogen and oxygen atoms in total. The van der Waals surface area contributed by atoms with E-state index in [9.17, 15) is 27.9 Å². The minimum atomic E-state index is -3.81. The number of sulfone groups is 1. The number of carbonyl (C=O) groups is 3. The van der Waals surface area contributed by atoms with Crippen LogP contribution in [0.5, 0.6) is 11.5 Å². The Morgan fingerprint density at radius 3 is 2.33 bits per heavy atom. The molecule has 246 valence electrons. The third-order valence-corrected chi connectivity index (χ3v) is 10.5. The number of hydrogen-bond acceptors (Lipinski definition) is 8. The monoisotopic (exact) mass is 652 g/mol. The van der Waals surface area contributed by atoms with Crippen molar-refractivity contribution in [2.45, 2.75) is 55.8 Å². The van der Waals surface area contributed by atoms with E-state index < -0.39 is 39.2 Å². The third kappa shape index (κ3) is 6.74. The van der Waals surface area contributed by atoms with Crippen molar-refractivity contribution < 1.29 is 37.4 Å². The van der Waals surface area contributed by atoms with Crippen LogP contribution in [-0.4, -0.2) is 69.4 Å². The number of primary amides is 1. The van der Waals surface area contributed by atoms with Gasteiger partial charge in [0, 0.05) is 30.5 Å². The standard InChI is InChI=1S/C33H40N4O8S/c1-19(2)46(42,43)29-14-12-23(36(4)33(40)41)18-24(29)26-8-7-15-37(26)32(39)30(21-11-13-27(44-5)28(17-21)45-6)35-25-16-22(31(34)38)10-9-20(25)3/h9-14,16-19,26,30,35H,7-8,15H2,1-6H3,(H2,34,38)(H,40,41)/t26-,30-/m1/s1. The number of carboxylic acid groups (broad SMARTS) is 1. The molecule has 3 amide bonds. The summed E-state index contributed by atoms with van der Waals surface area (Å²) in [4.78, 5) is 41.1. The summed E-state index contributed by atoms with van der Waals surface area (Å²) in [6, 6.07) is 12.8. The van der Waals surface area contributed by atoms with Crippen molar-refractivity contribution >= 4 is 39.1 Å². The maximum absolute atomic E-state index is 14.7. The fourth-order valence-electron chi connectivity index (χ4n) is 5.55. The third-order valence-electron chi connectivity index (χ3n) is 8.30. The Morgan fingerprint density at radius 2 is 1.72 bits per heavy atom. The van der Waals surface area contributed by atoms with Crippen molar-refractivity contribution in [3.05, 3.63) is 76.9 Å². The highest BCUT2D eigenvalue weighted by Crippen LogP contribution is 2.41. The van der Waals surface area contributed by atoms with E-state index in [0.29, 0.717) is 47.7 Å². The second kappa shape index (κ2) is 13.7. The number of aryl methyl sites for hydroxylation is 1. The van der Waals surface area contributed by atoms with Crippen molar-refractivity contribution in [3.8, 4) is 11.5 Å². The van der Waals surface area contributed by atoms with Crippen molar-refractivity contribution in [2.24, 2.45) is 5.73 Å². The summed E-state index contributed by atoms with van der Waals surface area (Å²) in [6.07, 6.45) is -0.164. The number of hydrogen-bond donors (Lipinski definition) is 3. The summed E-state index contributed by atoms with van der Waals surface area (Å²) < 4.78 is 38.0.